The van der Waals surface area contributed by atoms with Crippen molar-refractivity contribution in [2.45, 2.75) is 44.9 Å². The highest BCUT2D eigenvalue weighted by Gasteiger charge is 2.45. The zero-order valence-corrected chi connectivity index (χ0v) is 19.7. The summed E-state index contributed by atoms with van der Waals surface area (Å²) < 4.78 is 1.25. The molecule has 6 heteroatoms. The quantitative estimate of drug-likeness (QED) is 0.508. The van der Waals surface area contributed by atoms with E-state index in [1.165, 1.54) is 15.8 Å². The number of carbonyl (C=O) groups is 1. The molecule has 1 aliphatic heterocycles. The lowest BCUT2D eigenvalue weighted by Gasteiger charge is -2.40. The van der Waals surface area contributed by atoms with Crippen LogP contribution in [-0.4, -0.2) is 42.0 Å². The Kier molecular flexibility index (Phi) is 5.43. The second-order valence-corrected chi connectivity index (χ2v) is 10.4. The highest BCUT2D eigenvalue weighted by molar-refractivity contribution is 7.22. The van der Waals surface area contributed by atoms with E-state index in [0.717, 1.165) is 73.1 Å². The van der Waals surface area contributed by atoms with Gasteiger partial charge in [-0.05, 0) is 61.6 Å². The van der Waals surface area contributed by atoms with Crippen molar-refractivity contribution < 1.29 is 4.79 Å². The molecule has 4 nitrogen and oxygen atoms in total. The van der Waals surface area contributed by atoms with Crippen LogP contribution in [0.25, 0.3) is 10.2 Å². The topological polar surface area (TPSA) is 36.4 Å². The SMILES string of the molecule is Cc1cc(C)c2nc(N3CCN(C(=O)C4(c5ccc(Cl)cc5)CCCC4)CC3)sc2c1. The summed E-state index contributed by atoms with van der Waals surface area (Å²) in [7, 11) is 0. The lowest BCUT2D eigenvalue weighted by atomic mass is 9.77. The summed E-state index contributed by atoms with van der Waals surface area (Å²) in [6.45, 7) is 7.44. The van der Waals surface area contributed by atoms with Gasteiger partial charge in [-0.2, -0.15) is 0 Å². The van der Waals surface area contributed by atoms with Crippen LogP contribution in [-0.2, 0) is 10.2 Å². The zero-order chi connectivity index (χ0) is 21.6. The minimum absolute atomic E-state index is 0.294. The first-order valence-electron chi connectivity index (χ1n) is 11.1. The van der Waals surface area contributed by atoms with Crippen LogP contribution in [0.1, 0.15) is 42.4 Å². The molecule has 0 atom stereocenters. The first-order chi connectivity index (χ1) is 15.0. The number of thiazole rings is 1. The van der Waals surface area contributed by atoms with Gasteiger partial charge >= 0.3 is 0 Å². The van der Waals surface area contributed by atoms with E-state index < -0.39 is 0 Å². The molecular weight excluding hydrogens is 426 g/mol. The molecule has 2 aromatic carbocycles. The molecule has 0 unspecified atom stereocenters. The number of rotatable bonds is 3. The number of hydrogen-bond acceptors (Lipinski definition) is 4. The van der Waals surface area contributed by atoms with Crippen molar-refractivity contribution in [2.24, 2.45) is 0 Å². The molecule has 5 rings (SSSR count). The Hall–Kier alpha value is -2.11. The molecule has 162 valence electrons. The molecule has 1 saturated carbocycles. The van der Waals surface area contributed by atoms with Gasteiger partial charge in [0.25, 0.3) is 0 Å². The molecule has 1 saturated heterocycles. The third-order valence-corrected chi connectivity index (χ3v) is 8.23. The molecule has 2 aliphatic rings. The second kappa shape index (κ2) is 8.10. The molecule has 2 fully saturated rings. The van der Waals surface area contributed by atoms with E-state index >= 15 is 0 Å². The van der Waals surface area contributed by atoms with E-state index in [9.17, 15) is 4.79 Å². The Morgan fingerprint density at radius 3 is 2.39 bits per heavy atom. The van der Waals surface area contributed by atoms with Crippen molar-refractivity contribution in [3.8, 4) is 0 Å². The van der Waals surface area contributed by atoms with Crippen LogP contribution in [0.5, 0.6) is 0 Å². The van der Waals surface area contributed by atoms with Crippen LogP contribution in [0, 0.1) is 13.8 Å². The van der Waals surface area contributed by atoms with E-state index in [1.807, 2.05) is 24.3 Å². The van der Waals surface area contributed by atoms with Gasteiger partial charge in [-0.15, -0.1) is 0 Å². The van der Waals surface area contributed by atoms with Gasteiger partial charge < -0.3 is 9.80 Å². The molecule has 0 spiro atoms. The molecule has 0 N–H and O–H groups in total. The Labute approximate surface area is 192 Å². The molecule has 2 heterocycles. The number of amides is 1. The predicted molar refractivity (Wildman–Crippen MR) is 129 cm³/mol. The fourth-order valence-corrected chi connectivity index (χ4v) is 6.59. The minimum Gasteiger partial charge on any atom is -0.345 e. The maximum Gasteiger partial charge on any atom is 0.233 e. The molecule has 1 amide bonds. The van der Waals surface area contributed by atoms with Gasteiger partial charge in [0.15, 0.2) is 5.13 Å². The van der Waals surface area contributed by atoms with Crippen molar-refractivity contribution in [2.75, 3.05) is 31.1 Å². The van der Waals surface area contributed by atoms with E-state index in [1.54, 1.807) is 11.3 Å². The fraction of sp³-hybridized carbons (Fsp3) is 0.440. The zero-order valence-electron chi connectivity index (χ0n) is 18.2. The Bertz CT molecular complexity index is 1110. The van der Waals surface area contributed by atoms with Crippen molar-refractivity contribution in [3.63, 3.8) is 0 Å². The molecule has 0 bridgehead atoms. The first-order valence-corrected chi connectivity index (χ1v) is 12.3. The number of carbonyl (C=O) groups excluding carboxylic acids is 1. The number of nitrogens with zero attached hydrogens (tertiary/aromatic N) is 3. The van der Waals surface area contributed by atoms with Crippen LogP contribution in [0.3, 0.4) is 0 Å². The van der Waals surface area contributed by atoms with Gasteiger partial charge in [-0.3, -0.25) is 4.79 Å². The summed E-state index contributed by atoms with van der Waals surface area (Å²) in [5, 5.41) is 1.79. The molecule has 3 aromatic rings. The summed E-state index contributed by atoms with van der Waals surface area (Å²) in [4.78, 5) is 23.1. The molecular formula is C25H28ClN3OS. The number of anilines is 1. The molecule has 1 aliphatic carbocycles. The van der Waals surface area contributed by atoms with E-state index in [4.69, 9.17) is 16.6 Å². The summed E-state index contributed by atoms with van der Waals surface area (Å²) in [5.74, 6) is 0.294. The standard InChI is InChI=1S/C25H28ClN3OS/c1-17-15-18(2)22-21(16-17)31-24(27-22)29-13-11-28(12-14-29)23(30)25(9-3-4-10-25)19-5-7-20(26)8-6-19/h5-8,15-16H,3-4,9-14H2,1-2H3. The summed E-state index contributed by atoms with van der Waals surface area (Å²) in [6, 6.07) is 12.3. The van der Waals surface area contributed by atoms with Crippen LogP contribution in [0.4, 0.5) is 5.13 Å². The summed E-state index contributed by atoms with van der Waals surface area (Å²) in [6.07, 6.45) is 4.09. The smallest absolute Gasteiger partial charge is 0.233 e. The van der Waals surface area contributed by atoms with E-state index in [-0.39, 0.29) is 5.41 Å². The van der Waals surface area contributed by atoms with Crippen molar-refractivity contribution >= 4 is 44.2 Å². The fourth-order valence-electron chi connectivity index (χ4n) is 5.27. The second-order valence-electron chi connectivity index (χ2n) is 9.00. The molecule has 0 radical (unpaired) electrons. The highest BCUT2D eigenvalue weighted by atomic mass is 35.5. The predicted octanol–water partition coefficient (Wildman–Crippen LogP) is 5.73. The number of hydrogen-bond donors (Lipinski definition) is 0. The number of aryl methyl sites for hydroxylation is 2. The Morgan fingerprint density at radius 1 is 1.03 bits per heavy atom. The number of halogens is 1. The van der Waals surface area contributed by atoms with Crippen molar-refractivity contribution in [3.05, 3.63) is 58.1 Å². The minimum atomic E-state index is -0.378. The summed E-state index contributed by atoms with van der Waals surface area (Å²) >= 11 is 7.87. The summed E-state index contributed by atoms with van der Waals surface area (Å²) in [5.41, 5.74) is 4.37. The maximum absolute atomic E-state index is 13.7. The van der Waals surface area contributed by atoms with Crippen LogP contribution < -0.4 is 4.90 Å². The maximum atomic E-state index is 13.7. The highest BCUT2D eigenvalue weighted by Crippen LogP contribution is 2.43. The molecule has 31 heavy (non-hydrogen) atoms. The lowest BCUT2D eigenvalue weighted by molar-refractivity contribution is -0.137. The largest absolute Gasteiger partial charge is 0.345 e. The average Bonchev–Trinajstić information content (AvgIpc) is 3.42. The van der Waals surface area contributed by atoms with Crippen molar-refractivity contribution in [1.29, 1.82) is 0 Å². The normalized spacial score (nSPS) is 18.7. The third kappa shape index (κ3) is 3.72. The number of piperazine rings is 1. The first kappa shape index (κ1) is 20.8. The van der Waals surface area contributed by atoms with E-state index in [2.05, 4.69) is 35.8 Å². The Morgan fingerprint density at radius 2 is 1.71 bits per heavy atom. The average molecular weight is 454 g/mol. The Balaban J connectivity index is 1.33. The van der Waals surface area contributed by atoms with E-state index in [0.29, 0.717) is 5.91 Å². The molecule has 1 aromatic heterocycles. The van der Waals surface area contributed by atoms with Crippen molar-refractivity contribution in [1.82, 2.24) is 9.88 Å². The number of aromatic nitrogens is 1. The van der Waals surface area contributed by atoms with Crippen LogP contribution in [0.15, 0.2) is 36.4 Å². The van der Waals surface area contributed by atoms with Gasteiger partial charge in [0, 0.05) is 31.2 Å². The van der Waals surface area contributed by atoms with Crippen LogP contribution in [0.2, 0.25) is 5.02 Å². The van der Waals surface area contributed by atoms with Crippen LogP contribution >= 0.6 is 22.9 Å². The third-order valence-electron chi connectivity index (χ3n) is 6.92. The number of fused-ring (bicyclic) bond motifs is 1. The van der Waals surface area contributed by atoms with Gasteiger partial charge in [0.1, 0.15) is 0 Å². The van der Waals surface area contributed by atoms with Gasteiger partial charge in [-0.1, -0.05) is 54.0 Å². The monoisotopic (exact) mass is 453 g/mol. The lowest BCUT2D eigenvalue weighted by Crippen LogP contribution is -2.54. The van der Waals surface area contributed by atoms with Gasteiger partial charge in [0.2, 0.25) is 5.91 Å². The number of benzene rings is 2. The van der Waals surface area contributed by atoms with Gasteiger partial charge in [-0.25, -0.2) is 4.98 Å². The van der Waals surface area contributed by atoms with Gasteiger partial charge in [0.05, 0.1) is 15.6 Å².